The molecule has 0 saturated heterocycles. The molecule has 37 heavy (non-hydrogen) atoms. The quantitative estimate of drug-likeness (QED) is 0.205. The Hall–Kier alpha value is -3.34. The van der Waals surface area contributed by atoms with Crippen LogP contribution in [0.4, 0.5) is 61.5 Å². The summed E-state index contributed by atoms with van der Waals surface area (Å²) in [4.78, 5) is 23.2. The minimum Gasteiger partial charge on any atom is -0.397 e. The van der Waals surface area contributed by atoms with E-state index in [1.807, 2.05) is 0 Å². The Balaban J connectivity index is 2.18. The minimum absolute atomic E-state index is 1.61. The summed E-state index contributed by atoms with van der Waals surface area (Å²) < 4.78 is 196. The molecule has 4 nitrogen and oxygen atoms in total. The van der Waals surface area contributed by atoms with Gasteiger partial charge in [-0.1, -0.05) is 6.58 Å². The molecule has 4 atom stereocenters. The average Bonchev–Trinajstić information content (AvgIpc) is 2.77. The van der Waals surface area contributed by atoms with Crippen molar-refractivity contribution < 1.29 is 80.5 Å². The van der Waals surface area contributed by atoms with Gasteiger partial charge in [0.1, 0.15) is 11.1 Å². The molecule has 18 heteroatoms. The Morgan fingerprint density at radius 2 is 1.00 bits per heavy atom. The molecule has 0 spiro atoms. The SMILES string of the molecule is C=C(CC(=O)OC(F)(F)C1=C(F)C(F)=C(F)C(F)C1F)C(=O)OC(F)(F)C1=C(F)C(F)=C(F)C(F)C1F. The van der Waals surface area contributed by atoms with Crippen LogP contribution in [0.15, 0.2) is 58.3 Å². The third kappa shape index (κ3) is 5.51. The van der Waals surface area contributed by atoms with Gasteiger partial charge in [0, 0.05) is 5.57 Å². The molecule has 0 amide bonds. The highest BCUT2D eigenvalue weighted by Gasteiger charge is 2.55. The van der Waals surface area contributed by atoms with Crippen LogP contribution >= 0.6 is 0 Å². The van der Waals surface area contributed by atoms with Crippen LogP contribution in [0.5, 0.6) is 0 Å². The normalized spacial score (nSPS) is 25.6. The van der Waals surface area contributed by atoms with Crippen LogP contribution in [0.3, 0.4) is 0 Å². The Bertz CT molecular complexity index is 1150. The first kappa shape index (κ1) is 29.9. The van der Waals surface area contributed by atoms with Crippen LogP contribution < -0.4 is 0 Å². The number of carbonyl (C=O) groups is 2. The lowest BCUT2D eigenvalue weighted by atomic mass is 9.97. The largest absolute Gasteiger partial charge is 0.431 e. The fourth-order valence-corrected chi connectivity index (χ4v) is 2.78. The van der Waals surface area contributed by atoms with Gasteiger partial charge in [0.25, 0.3) is 0 Å². The van der Waals surface area contributed by atoms with E-state index in [-0.39, 0.29) is 0 Å². The second kappa shape index (κ2) is 10.2. The van der Waals surface area contributed by atoms with Gasteiger partial charge in [-0.25, -0.2) is 48.7 Å². The van der Waals surface area contributed by atoms with Gasteiger partial charge in [-0.05, 0) is 0 Å². The van der Waals surface area contributed by atoms with Crippen LogP contribution in [0.1, 0.15) is 6.42 Å². The van der Waals surface area contributed by atoms with E-state index in [4.69, 9.17) is 0 Å². The first-order valence-electron chi connectivity index (χ1n) is 9.12. The second-order valence-corrected chi connectivity index (χ2v) is 7.06. The second-order valence-electron chi connectivity index (χ2n) is 7.06. The fourth-order valence-electron chi connectivity index (χ4n) is 2.78. The Morgan fingerprint density at radius 1 is 0.649 bits per heavy atom. The standard InChI is InChI=1S/C19H8F14O4/c1-3(17(35)37-19(32,33)6-9(22)13(26)16(29)14(27)10(6)23)2-4(34)36-18(30,31)5-7(20)11(24)15(28)12(25)8(5)21/h7,9,11,13H,1-2H2. The Kier molecular flexibility index (Phi) is 8.24. The summed E-state index contributed by atoms with van der Waals surface area (Å²) in [5.41, 5.74) is -7.28. The molecular formula is C19H8F14O4. The van der Waals surface area contributed by atoms with E-state index in [1.165, 1.54) is 0 Å². The maximum absolute atomic E-state index is 14.0. The number of hydrogen-bond donors (Lipinski definition) is 0. The number of ether oxygens (including phenoxy) is 2. The molecule has 0 bridgehead atoms. The van der Waals surface area contributed by atoms with Crippen molar-refractivity contribution in [3.63, 3.8) is 0 Å². The van der Waals surface area contributed by atoms with Gasteiger partial charge in [0.05, 0.1) is 6.42 Å². The third-order valence-corrected chi connectivity index (χ3v) is 4.56. The van der Waals surface area contributed by atoms with Crippen LogP contribution in [0, 0.1) is 0 Å². The fraction of sp³-hybridized carbons (Fsp3) is 0.368. The molecule has 0 heterocycles. The number of carbonyl (C=O) groups excluding carboxylic acids is 2. The van der Waals surface area contributed by atoms with Gasteiger partial charge in [0.15, 0.2) is 59.6 Å². The van der Waals surface area contributed by atoms with E-state index in [2.05, 4.69) is 16.1 Å². The number of esters is 2. The van der Waals surface area contributed by atoms with E-state index in [1.54, 1.807) is 0 Å². The number of alkyl halides is 8. The van der Waals surface area contributed by atoms with Crippen molar-refractivity contribution >= 4 is 11.9 Å². The zero-order valence-electron chi connectivity index (χ0n) is 17.1. The Morgan fingerprint density at radius 3 is 1.38 bits per heavy atom. The zero-order chi connectivity index (χ0) is 28.8. The molecule has 0 radical (unpaired) electrons. The molecule has 0 fully saturated rings. The molecule has 0 N–H and O–H groups in total. The van der Waals surface area contributed by atoms with Crippen molar-refractivity contribution in [2.45, 2.75) is 43.3 Å². The van der Waals surface area contributed by atoms with E-state index >= 15 is 0 Å². The monoisotopic (exact) mass is 566 g/mol. The molecule has 0 aliphatic heterocycles. The van der Waals surface area contributed by atoms with Gasteiger partial charge in [-0.3, -0.25) is 4.79 Å². The first-order valence-corrected chi connectivity index (χ1v) is 9.12. The number of allylic oxidation sites excluding steroid dienone is 6. The predicted octanol–water partition coefficient (Wildman–Crippen LogP) is 6.33. The summed E-state index contributed by atoms with van der Waals surface area (Å²) in [5, 5.41) is 0. The lowest BCUT2D eigenvalue weighted by molar-refractivity contribution is -0.221. The van der Waals surface area contributed by atoms with Gasteiger partial charge in [0.2, 0.25) is 0 Å². The van der Waals surface area contributed by atoms with Gasteiger partial charge < -0.3 is 9.47 Å². The lowest BCUT2D eigenvalue weighted by Gasteiger charge is -2.27. The summed E-state index contributed by atoms with van der Waals surface area (Å²) in [5.74, 6) is -22.2. The van der Waals surface area contributed by atoms with Crippen molar-refractivity contribution in [2.24, 2.45) is 0 Å². The van der Waals surface area contributed by atoms with E-state index < -0.39 is 107 Å². The van der Waals surface area contributed by atoms with E-state index in [0.717, 1.165) is 0 Å². The highest BCUT2D eigenvalue weighted by atomic mass is 19.3. The first-order chi connectivity index (χ1) is 16.8. The zero-order valence-corrected chi connectivity index (χ0v) is 17.1. The molecule has 0 aromatic rings. The number of hydrogen-bond acceptors (Lipinski definition) is 4. The summed E-state index contributed by atoms with van der Waals surface area (Å²) >= 11 is 0. The highest BCUT2D eigenvalue weighted by Crippen LogP contribution is 2.45. The summed E-state index contributed by atoms with van der Waals surface area (Å²) in [6.45, 7) is 2.60. The van der Waals surface area contributed by atoms with Crippen molar-refractivity contribution in [3.05, 3.63) is 58.3 Å². The van der Waals surface area contributed by atoms with Crippen LogP contribution in [0.25, 0.3) is 0 Å². The average molecular weight is 566 g/mol. The maximum Gasteiger partial charge on any atom is 0.431 e. The maximum atomic E-state index is 14.0. The molecule has 2 rings (SSSR count). The topological polar surface area (TPSA) is 52.6 Å². The van der Waals surface area contributed by atoms with Crippen LogP contribution in [-0.2, 0) is 19.1 Å². The molecular weight excluding hydrogens is 558 g/mol. The van der Waals surface area contributed by atoms with Crippen LogP contribution in [-0.4, -0.2) is 48.8 Å². The van der Waals surface area contributed by atoms with Gasteiger partial charge in [-0.2, -0.15) is 17.6 Å². The lowest BCUT2D eigenvalue weighted by Crippen LogP contribution is -2.40. The van der Waals surface area contributed by atoms with Crippen molar-refractivity contribution in [2.75, 3.05) is 0 Å². The van der Waals surface area contributed by atoms with E-state index in [9.17, 15) is 71.1 Å². The molecule has 0 aromatic carbocycles. The Labute approximate surface area is 195 Å². The summed E-state index contributed by atoms with van der Waals surface area (Å²) in [6, 6.07) is 0. The number of rotatable bonds is 7. The molecule has 0 aromatic heterocycles. The van der Waals surface area contributed by atoms with Gasteiger partial charge in [-0.15, -0.1) is 0 Å². The third-order valence-electron chi connectivity index (χ3n) is 4.56. The number of halogens is 14. The van der Waals surface area contributed by atoms with Gasteiger partial charge >= 0.3 is 24.2 Å². The molecule has 2 aliphatic carbocycles. The van der Waals surface area contributed by atoms with Crippen molar-refractivity contribution in [1.82, 2.24) is 0 Å². The molecule has 206 valence electrons. The minimum atomic E-state index is -5.58. The van der Waals surface area contributed by atoms with E-state index in [0.29, 0.717) is 0 Å². The smallest absolute Gasteiger partial charge is 0.397 e. The van der Waals surface area contributed by atoms with Crippen molar-refractivity contribution in [1.29, 1.82) is 0 Å². The molecule has 0 saturated carbocycles. The van der Waals surface area contributed by atoms with Crippen molar-refractivity contribution in [3.8, 4) is 0 Å². The predicted molar refractivity (Wildman–Crippen MR) is 90.2 cm³/mol. The highest BCUT2D eigenvalue weighted by molar-refractivity contribution is 5.93. The summed E-state index contributed by atoms with van der Waals surface area (Å²) in [7, 11) is 0. The molecule has 2 aliphatic rings. The summed E-state index contributed by atoms with van der Waals surface area (Å²) in [6.07, 6.45) is -28.5. The van der Waals surface area contributed by atoms with Crippen LogP contribution in [0.2, 0.25) is 0 Å². The molecule has 4 unspecified atom stereocenters.